The summed E-state index contributed by atoms with van der Waals surface area (Å²) < 4.78 is 0. The summed E-state index contributed by atoms with van der Waals surface area (Å²) in [4.78, 5) is 35.4. The third-order valence-electron chi connectivity index (χ3n) is 12.3. The molecule has 324 valence electrons. The highest BCUT2D eigenvalue weighted by Gasteiger charge is 2.37. The second-order valence-corrected chi connectivity index (χ2v) is 19.3. The molecule has 4 aliphatic rings. The molecule has 0 aromatic rings. The Labute approximate surface area is 375 Å². The minimum Gasteiger partial charge on any atom is -0.386 e. The van der Waals surface area contributed by atoms with E-state index in [2.05, 4.69) is 100 Å². The molecule has 1 aliphatic heterocycles. The first kappa shape index (κ1) is 48.8. The molecule has 1 heterocycles. The largest absolute Gasteiger partial charge is 0.386 e. The number of nitrogens with zero attached hydrogens (tertiary/aromatic N) is 15. The van der Waals surface area contributed by atoms with E-state index >= 15 is 0 Å². The first-order valence-corrected chi connectivity index (χ1v) is 20.9. The summed E-state index contributed by atoms with van der Waals surface area (Å²) in [5, 5.41) is 29.3. The molecular weight excluding hydrogens is 787 g/mol. The van der Waals surface area contributed by atoms with Crippen molar-refractivity contribution < 1.29 is 0 Å². The average molecular weight is 844 g/mol. The van der Waals surface area contributed by atoms with Crippen LogP contribution >= 0.6 is 0 Å². The van der Waals surface area contributed by atoms with E-state index in [0.717, 1.165) is 17.1 Å². The molecule has 63 heavy (non-hydrogen) atoms. The van der Waals surface area contributed by atoms with Gasteiger partial charge in [-0.25, -0.2) is 44.9 Å². The Balaban J connectivity index is 1.64. The third-order valence-corrected chi connectivity index (χ3v) is 12.3. The molecule has 1 saturated heterocycles. The van der Waals surface area contributed by atoms with Crippen LogP contribution in [0.2, 0.25) is 0 Å². The molecule has 15 heteroatoms. The molecule has 0 aromatic heterocycles. The molecular formula is C48H57N15. The summed E-state index contributed by atoms with van der Waals surface area (Å²) in [6.07, 6.45) is 3.37. The second kappa shape index (κ2) is 20.3. The van der Waals surface area contributed by atoms with Crippen molar-refractivity contribution >= 4 is 0 Å². The van der Waals surface area contributed by atoms with E-state index in [0.29, 0.717) is 132 Å². The van der Waals surface area contributed by atoms with Gasteiger partial charge in [0.1, 0.15) is 0 Å². The Morgan fingerprint density at radius 3 is 0.905 bits per heavy atom. The molecule has 0 N–H and O–H groups in total. The van der Waals surface area contributed by atoms with Gasteiger partial charge in [0.05, 0.1) is 77.6 Å². The van der Waals surface area contributed by atoms with Gasteiger partial charge in [-0.05, 0) is 71.5 Å². The Bertz CT molecular complexity index is 2120. The van der Waals surface area contributed by atoms with E-state index in [1.165, 1.54) is 0 Å². The van der Waals surface area contributed by atoms with Crippen LogP contribution in [0, 0.1) is 89.7 Å². The summed E-state index contributed by atoms with van der Waals surface area (Å²) in [5.74, 6) is 0. The highest BCUT2D eigenvalue weighted by Crippen LogP contribution is 2.47. The van der Waals surface area contributed by atoms with Crippen molar-refractivity contribution in [2.45, 2.75) is 80.1 Å². The molecule has 0 saturated carbocycles. The quantitative estimate of drug-likeness (QED) is 0.141. The standard InChI is InChI=1S/C48H57N15/c1-46(2)22-34(37(28-49)52-7)43(55-10)40(25-46)58(13)16-19-61-31-62(20-17-59(14)41-26-47(3,4)23-35(44(41)56-11)38(29-50)53-8)33-63(32-61)21-18-60(15)42-27-48(5,6)24-36(45(42)57-12)39(30-51)54-9/h16-27,31-33H2,1-6,13-15H3/b37-34-,38-35-,39-36-. The van der Waals surface area contributed by atoms with E-state index in [4.69, 9.17) is 39.4 Å². The van der Waals surface area contributed by atoms with Crippen molar-refractivity contribution in [2.75, 3.05) is 80.4 Å². The molecule has 4 rings (SSSR count). The van der Waals surface area contributed by atoms with Crippen molar-refractivity contribution in [3.63, 3.8) is 0 Å². The van der Waals surface area contributed by atoms with E-state index in [9.17, 15) is 15.8 Å². The number of hydrogen-bond donors (Lipinski definition) is 0. The fraction of sp³-hybridized carbons (Fsp3) is 0.562. The molecule has 1 fully saturated rings. The molecule has 3 aliphatic carbocycles. The predicted octanol–water partition coefficient (Wildman–Crippen LogP) is 8.52. The van der Waals surface area contributed by atoms with Gasteiger partial charge in [0.25, 0.3) is 17.1 Å². The Kier molecular flexibility index (Phi) is 15.7. The molecule has 15 nitrogen and oxygen atoms in total. The fourth-order valence-corrected chi connectivity index (χ4v) is 9.10. The van der Waals surface area contributed by atoms with E-state index in [1.54, 1.807) is 0 Å². The number of rotatable bonds is 12. The lowest BCUT2D eigenvalue weighted by Gasteiger charge is -2.45. The second-order valence-electron chi connectivity index (χ2n) is 19.3. The van der Waals surface area contributed by atoms with E-state index in [1.807, 2.05) is 39.4 Å². The molecule has 0 unspecified atom stereocenters. The van der Waals surface area contributed by atoms with Gasteiger partial charge in [-0.3, -0.25) is 14.7 Å². The summed E-state index contributed by atoms with van der Waals surface area (Å²) in [6.45, 7) is 65.4. The third kappa shape index (κ3) is 11.5. The van der Waals surface area contributed by atoms with Crippen LogP contribution in [-0.4, -0.2) is 110 Å². The van der Waals surface area contributed by atoms with Gasteiger partial charge < -0.3 is 14.7 Å². The van der Waals surface area contributed by atoms with Gasteiger partial charge in [-0.1, -0.05) is 41.5 Å². The number of hydrogen-bond acceptors (Lipinski definition) is 9. The van der Waals surface area contributed by atoms with Gasteiger partial charge in [0.2, 0.25) is 0 Å². The predicted molar refractivity (Wildman–Crippen MR) is 240 cm³/mol. The van der Waals surface area contributed by atoms with Crippen molar-refractivity contribution in [1.29, 1.82) is 15.8 Å². The normalized spacial score (nSPS) is 22.3. The van der Waals surface area contributed by atoms with Crippen molar-refractivity contribution in [3.8, 4) is 18.2 Å². The average Bonchev–Trinajstić information content (AvgIpc) is 3.23. The van der Waals surface area contributed by atoms with Crippen LogP contribution in [0.3, 0.4) is 0 Å². The Hall–Kier alpha value is -6.87. The minimum absolute atomic E-state index is 0.0302. The molecule has 0 amide bonds. The minimum atomic E-state index is -0.242. The number of nitriles is 3. The fourth-order valence-electron chi connectivity index (χ4n) is 9.10. The maximum Gasteiger partial charge on any atom is 0.255 e. The zero-order chi connectivity index (χ0) is 46.9. The lowest BCUT2D eigenvalue weighted by Crippen LogP contribution is -2.57. The van der Waals surface area contributed by atoms with Gasteiger partial charge >= 0.3 is 0 Å². The van der Waals surface area contributed by atoms with Crippen LogP contribution in [-0.2, 0) is 0 Å². The van der Waals surface area contributed by atoms with Gasteiger partial charge in [-0.2, -0.15) is 0 Å². The Morgan fingerprint density at radius 2 is 0.714 bits per heavy atom. The maximum atomic E-state index is 9.76. The zero-order valence-corrected chi connectivity index (χ0v) is 38.3. The summed E-state index contributed by atoms with van der Waals surface area (Å²) in [6, 6.07) is 6.05. The van der Waals surface area contributed by atoms with E-state index in [-0.39, 0.29) is 33.3 Å². The topological polar surface area (TPSA) is 117 Å². The molecule has 0 atom stereocenters. The lowest BCUT2D eigenvalue weighted by molar-refractivity contribution is -0.0347. The Morgan fingerprint density at radius 1 is 0.476 bits per heavy atom. The first-order valence-electron chi connectivity index (χ1n) is 20.9. The summed E-state index contributed by atoms with van der Waals surface area (Å²) in [7, 11) is 5.91. The van der Waals surface area contributed by atoms with Crippen LogP contribution in [0.5, 0.6) is 0 Å². The molecule has 0 bridgehead atoms. The zero-order valence-electron chi connectivity index (χ0n) is 38.3. The van der Waals surface area contributed by atoms with Crippen molar-refractivity contribution in [2.24, 2.45) is 16.2 Å². The molecule has 0 aromatic carbocycles. The van der Waals surface area contributed by atoms with Gasteiger partial charge in [0, 0.05) is 77.5 Å². The highest BCUT2D eigenvalue weighted by molar-refractivity contribution is 5.53. The smallest absolute Gasteiger partial charge is 0.255 e. The van der Waals surface area contributed by atoms with Gasteiger partial charge in [0.15, 0.2) is 17.1 Å². The van der Waals surface area contributed by atoms with Crippen molar-refractivity contribution in [3.05, 3.63) is 136 Å². The van der Waals surface area contributed by atoms with Crippen molar-refractivity contribution in [1.82, 2.24) is 29.4 Å². The van der Waals surface area contributed by atoms with Crippen LogP contribution in [0.15, 0.2) is 68.0 Å². The SMILES string of the molecule is [C-]#[N+]C1=C(N(C)CCN2CN(CCN(C)C3=C([N+]#[C-])/C(=C(/C#N)[N+]#[C-])CC(C)(C)C3)CN(CCN(C)C3=C([N+]#[C-])/C(=C(/C#N)[N+]#[C-])CC(C)(C)C3)C2)CC(C)(C)C/C1=C(\C#N)[N+]#[C-]. The summed E-state index contributed by atoms with van der Waals surface area (Å²) in [5.41, 5.74) is 4.40. The van der Waals surface area contributed by atoms with Crippen LogP contribution < -0.4 is 0 Å². The summed E-state index contributed by atoms with van der Waals surface area (Å²) >= 11 is 0. The van der Waals surface area contributed by atoms with Crippen LogP contribution in [0.1, 0.15) is 80.1 Å². The van der Waals surface area contributed by atoms with E-state index < -0.39 is 0 Å². The monoisotopic (exact) mass is 843 g/mol. The molecule has 0 radical (unpaired) electrons. The van der Waals surface area contributed by atoms with Crippen LogP contribution in [0.4, 0.5) is 0 Å². The highest BCUT2D eigenvalue weighted by atomic mass is 15.5. The maximum absolute atomic E-state index is 9.76. The molecule has 0 spiro atoms. The number of allylic oxidation sites excluding steroid dienone is 9. The lowest BCUT2D eigenvalue weighted by atomic mass is 9.75. The first-order chi connectivity index (χ1) is 29.7. The van der Waals surface area contributed by atoms with Crippen LogP contribution in [0.25, 0.3) is 29.1 Å². The number of likely N-dealkylation sites (N-methyl/N-ethyl adjacent to an activating group) is 3. The van der Waals surface area contributed by atoms with Gasteiger partial charge in [-0.15, -0.1) is 0 Å².